The van der Waals surface area contributed by atoms with E-state index in [-0.39, 0.29) is 19.3 Å². The molecule has 0 aliphatic carbocycles. The number of hydrogen-bond acceptors (Lipinski definition) is 7. The number of rotatable bonds is 10. The number of carbonyl (C=O) groups excluding carboxylic acids is 1. The van der Waals surface area contributed by atoms with Gasteiger partial charge in [-0.2, -0.15) is 5.09 Å². The van der Waals surface area contributed by atoms with Crippen LogP contribution in [-0.4, -0.2) is 31.3 Å². The van der Waals surface area contributed by atoms with E-state index in [0.717, 1.165) is 11.1 Å². The van der Waals surface area contributed by atoms with E-state index in [4.69, 9.17) is 25.3 Å². The van der Waals surface area contributed by atoms with Crippen molar-refractivity contribution in [3.63, 3.8) is 0 Å². The Labute approximate surface area is 189 Å². The van der Waals surface area contributed by atoms with Crippen molar-refractivity contribution in [3.8, 4) is 17.6 Å². The van der Waals surface area contributed by atoms with Crippen molar-refractivity contribution < 1.29 is 23.1 Å². The number of hydrogen-bond donors (Lipinski definition) is 3. The second kappa shape index (κ2) is 12.3. The molecule has 2 aromatic carbocycles. The van der Waals surface area contributed by atoms with Gasteiger partial charge in [0.05, 0.1) is 19.3 Å². The van der Waals surface area contributed by atoms with Gasteiger partial charge < -0.3 is 20.7 Å². The SMILES string of the molecule is CC(C)OC(=O)[C@H](C)NP(=O)(OCCc1ccc(N)cc1C#CCN)Oc1ccccc1. The molecule has 0 aromatic heterocycles. The molecular formula is C23H30N3O5P. The first-order valence-corrected chi connectivity index (χ1v) is 11.8. The van der Waals surface area contributed by atoms with Gasteiger partial charge in [-0.3, -0.25) is 9.32 Å². The highest BCUT2D eigenvalue weighted by atomic mass is 31.2. The maximum absolute atomic E-state index is 13.5. The van der Waals surface area contributed by atoms with Gasteiger partial charge in [0.15, 0.2) is 0 Å². The van der Waals surface area contributed by atoms with Crippen LogP contribution in [-0.2, 0) is 25.0 Å². The average molecular weight is 459 g/mol. The van der Waals surface area contributed by atoms with Crippen LogP contribution in [0.4, 0.5) is 5.69 Å². The van der Waals surface area contributed by atoms with Gasteiger partial charge in [0.25, 0.3) is 0 Å². The molecule has 5 N–H and O–H groups in total. The molecule has 0 saturated carbocycles. The summed E-state index contributed by atoms with van der Waals surface area (Å²) in [6.45, 7) is 5.27. The number of nitrogen functional groups attached to an aromatic ring is 1. The van der Waals surface area contributed by atoms with Gasteiger partial charge in [-0.05, 0) is 57.0 Å². The largest absolute Gasteiger partial charge is 0.462 e. The lowest BCUT2D eigenvalue weighted by Crippen LogP contribution is -2.36. The normalized spacial score (nSPS) is 13.5. The third kappa shape index (κ3) is 8.37. The molecule has 0 aliphatic heterocycles. The van der Waals surface area contributed by atoms with Crippen LogP contribution >= 0.6 is 7.75 Å². The fourth-order valence-corrected chi connectivity index (χ4v) is 4.18. The molecule has 0 radical (unpaired) electrons. The van der Waals surface area contributed by atoms with Crippen molar-refractivity contribution >= 4 is 19.4 Å². The highest BCUT2D eigenvalue weighted by Gasteiger charge is 2.32. The zero-order valence-corrected chi connectivity index (χ0v) is 19.4. The minimum Gasteiger partial charge on any atom is -0.462 e. The topological polar surface area (TPSA) is 126 Å². The Morgan fingerprint density at radius 2 is 1.88 bits per heavy atom. The van der Waals surface area contributed by atoms with Gasteiger partial charge in [0, 0.05) is 11.3 Å². The van der Waals surface area contributed by atoms with E-state index in [1.54, 1.807) is 56.3 Å². The van der Waals surface area contributed by atoms with Gasteiger partial charge in [0.2, 0.25) is 0 Å². The van der Waals surface area contributed by atoms with Gasteiger partial charge >= 0.3 is 13.7 Å². The summed E-state index contributed by atoms with van der Waals surface area (Å²) in [6.07, 6.45) is 0.0874. The van der Waals surface area contributed by atoms with E-state index in [1.165, 1.54) is 6.92 Å². The maximum Gasteiger partial charge on any atom is 0.459 e. The van der Waals surface area contributed by atoms with Gasteiger partial charge in [-0.1, -0.05) is 36.1 Å². The highest BCUT2D eigenvalue weighted by Crippen LogP contribution is 2.45. The Hall–Kier alpha value is -2.82. The van der Waals surface area contributed by atoms with Crippen molar-refractivity contribution in [2.75, 3.05) is 18.9 Å². The fourth-order valence-electron chi connectivity index (χ4n) is 2.68. The Balaban J connectivity index is 2.15. The van der Waals surface area contributed by atoms with Crippen LogP contribution in [0.3, 0.4) is 0 Å². The van der Waals surface area contributed by atoms with Crippen LogP contribution in [0.2, 0.25) is 0 Å². The lowest BCUT2D eigenvalue weighted by Gasteiger charge is -2.23. The zero-order valence-electron chi connectivity index (χ0n) is 18.5. The molecule has 32 heavy (non-hydrogen) atoms. The van der Waals surface area contributed by atoms with Gasteiger partial charge in [-0.25, -0.2) is 4.57 Å². The molecule has 9 heteroatoms. The molecule has 0 aliphatic rings. The first kappa shape index (κ1) is 25.4. The molecule has 2 rings (SSSR count). The molecule has 0 fully saturated rings. The lowest BCUT2D eigenvalue weighted by atomic mass is 10.0. The predicted octanol–water partition coefficient (Wildman–Crippen LogP) is 3.25. The molecule has 8 nitrogen and oxygen atoms in total. The Morgan fingerprint density at radius 3 is 2.53 bits per heavy atom. The van der Waals surface area contributed by atoms with E-state index in [0.29, 0.717) is 17.9 Å². The number of para-hydroxylation sites is 1. The summed E-state index contributed by atoms with van der Waals surface area (Å²) >= 11 is 0. The fraction of sp³-hybridized carbons (Fsp3) is 0.348. The number of anilines is 1. The number of carbonyl (C=O) groups is 1. The minimum atomic E-state index is -3.91. The molecule has 0 spiro atoms. The highest BCUT2D eigenvalue weighted by molar-refractivity contribution is 7.52. The van der Waals surface area contributed by atoms with Crippen LogP contribution in [0.5, 0.6) is 5.75 Å². The van der Waals surface area contributed by atoms with Gasteiger partial charge in [-0.15, -0.1) is 0 Å². The molecule has 0 bridgehead atoms. The van der Waals surface area contributed by atoms with E-state index in [9.17, 15) is 9.36 Å². The van der Waals surface area contributed by atoms with Crippen molar-refractivity contribution in [2.24, 2.45) is 5.73 Å². The molecule has 0 heterocycles. The molecule has 1 unspecified atom stereocenters. The quantitative estimate of drug-likeness (QED) is 0.214. The van der Waals surface area contributed by atoms with E-state index in [1.807, 2.05) is 6.07 Å². The van der Waals surface area contributed by atoms with E-state index < -0.39 is 19.8 Å². The Morgan fingerprint density at radius 1 is 1.16 bits per heavy atom. The first-order chi connectivity index (χ1) is 15.2. The second-order valence-electron chi connectivity index (χ2n) is 7.24. The molecule has 0 saturated heterocycles. The molecule has 172 valence electrons. The molecule has 0 amide bonds. The summed E-state index contributed by atoms with van der Waals surface area (Å²) in [7, 11) is -3.91. The van der Waals surface area contributed by atoms with Crippen LogP contribution in [0, 0.1) is 11.8 Å². The summed E-state index contributed by atoms with van der Waals surface area (Å²) < 4.78 is 29.9. The first-order valence-electron chi connectivity index (χ1n) is 10.3. The van der Waals surface area contributed by atoms with Crippen molar-refractivity contribution in [3.05, 3.63) is 59.7 Å². The van der Waals surface area contributed by atoms with E-state index >= 15 is 0 Å². The number of ether oxygens (including phenoxy) is 1. The van der Waals surface area contributed by atoms with Crippen LogP contribution < -0.4 is 21.1 Å². The maximum atomic E-state index is 13.5. The molecule has 2 aromatic rings. The Bertz CT molecular complexity index is 1000. The van der Waals surface area contributed by atoms with Crippen molar-refractivity contribution in [1.29, 1.82) is 0 Å². The number of benzene rings is 2. The van der Waals surface area contributed by atoms with Crippen molar-refractivity contribution in [1.82, 2.24) is 5.09 Å². The standard InChI is InChI=1S/C23H30N3O5P/c1-17(2)30-23(27)18(3)26-32(28,31-22-9-5-4-6-10-22)29-15-13-19-11-12-21(25)16-20(19)8-7-14-24/h4-6,9-12,16-18H,13-15,24-25H2,1-3H3,(H,26,28)/t18-,32?/m0/s1. The van der Waals surface area contributed by atoms with E-state index in [2.05, 4.69) is 16.9 Å². The van der Waals surface area contributed by atoms with Gasteiger partial charge in [0.1, 0.15) is 11.8 Å². The molecule has 2 atom stereocenters. The second-order valence-corrected chi connectivity index (χ2v) is 8.94. The zero-order chi connectivity index (χ0) is 23.6. The summed E-state index contributed by atoms with van der Waals surface area (Å²) in [4.78, 5) is 12.2. The summed E-state index contributed by atoms with van der Waals surface area (Å²) in [5.41, 5.74) is 13.5. The summed E-state index contributed by atoms with van der Waals surface area (Å²) in [6, 6.07) is 13.0. The number of esters is 1. The van der Waals surface area contributed by atoms with Crippen LogP contribution in [0.25, 0.3) is 0 Å². The third-order valence-corrected chi connectivity index (χ3v) is 5.79. The van der Waals surface area contributed by atoms with Crippen LogP contribution in [0.1, 0.15) is 31.9 Å². The van der Waals surface area contributed by atoms with Crippen molar-refractivity contribution in [2.45, 2.75) is 39.3 Å². The minimum absolute atomic E-state index is 0.0459. The average Bonchev–Trinajstić information content (AvgIpc) is 2.73. The number of nitrogens with one attached hydrogen (secondary N) is 1. The number of nitrogens with two attached hydrogens (primary N) is 2. The lowest BCUT2D eigenvalue weighted by molar-refractivity contribution is -0.149. The Kier molecular flexibility index (Phi) is 9.76. The molecular weight excluding hydrogens is 429 g/mol. The van der Waals surface area contributed by atoms with Crippen LogP contribution in [0.15, 0.2) is 48.5 Å². The third-order valence-electron chi connectivity index (χ3n) is 4.12. The summed E-state index contributed by atoms with van der Waals surface area (Å²) in [5, 5.41) is 2.66. The predicted molar refractivity (Wildman–Crippen MR) is 125 cm³/mol. The monoisotopic (exact) mass is 459 g/mol. The summed E-state index contributed by atoms with van der Waals surface area (Å²) in [5.74, 6) is 5.57. The smallest absolute Gasteiger partial charge is 0.459 e.